The summed E-state index contributed by atoms with van der Waals surface area (Å²) < 4.78 is 5.89. The molecule has 1 aromatic rings. The quantitative estimate of drug-likeness (QED) is 0.911. The Morgan fingerprint density at radius 2 is 2.17 bits per heavy atom. The zero-order valence-corrected chi connectivity index (χ0v) is 11.9. The first-order valence-corrected chi connectivity index (χ1v) is 7.24. The minimum Gasteiger partial charge on any atom is -0.444 e. The van der Waals surface area contributed by atoms with Gasteiger partial charge in [0.15, 0.2) is 10.4 Å². The smallest absolute Gasteiger partial charge is 0.287 e. The fourth-order valence-electron chi connectivity index (χ4n) is 3.20. The monoisotopic (exact) mass is 312 g/mol. The van der Waals surface area contributed by atoms with Gasteiger partial charge in [-0.05, 0) is 66.8 Å². The number of rotatable bonds is 2. The maximum Gasteiger partial charge on any atom is 0.287 e. The van der Waals surface area contributed by atoms with E-state index in [9.17, 15) is 4.79 Å². The number of carbonyl (C=O) groups excluding carboxylic acids is 1. The second-order valence-electron chi connectivity index (χ2n) is 5.22. The van der Waals surface area contributed by atoms with Crippen LogP contribution in [0.5, 0.6) is 0 Å². The van der Waals surface area contributed by atoms with Crippen LogP contribution in [0.3, 0.4) is 0 Å². The Hall–Kier alpha value is -0.810. The van der Waals surface area contributed by atoms with Gasteiger partial charge < -0.3 is 9.73 Å². The van der Waals surface area contributed by atoms with Crippen molar-refractivity contribution in [3.63, 3.8) is 0 Å². The summed E-state index contributed by atoms with van der Waals surface area (Å²) in [6, 6.07) is 4.13. The van der Waals surface area contributed by atoms with Gasteiger partial charge in [0, 0.05) is 12.1 Å². The van der Waals surface area contributed by atoms with Crippen molar-refractivity contribution in [2.75, 3.05) is 13.1 Å². The molecule has 2 atom stereocenters. The van der Waals surface area contributed by atoms with Gasteiger partial charge >= 0.3 is 0 Å². The predicted octanol–water partition coefficient (Wildman–Crippen LogP) is 2.25. The van der Waals surface area contributed by atoms with Crippen molar-refractivity contribution in [2.45, 2.75) is 31.8 Å². The molecule has 3 aliphatic rings. The van der Waals surface area contributed by atoms with E-state index >= 15 is 0 Å². The Bertz CT molecular complexity index is 450. The number of nitrogens with zero attached hydrogens (tertiary/aromatic N) is 1. The van der Waals surface area contributed by atoms with E-state index < -0.39 is 0 Å². The van der Waals surface area contributed by atoms with E-state index in [4.69, 9.17) is 4.42 Å². The summed E-state index contributed by atoms with van der Waals surface area (Å²) in [5.74, 6) is 0.893. The van der Waals surface area contributed by atoms with Gasteiger partial charge in [-0.3, -0.25) is 9.69 Å². The largest absolute Gasteiger partial charge is 0.444 e. The highest BCUT2D eigenvalue weighted by molar-refractivity contribution is 9.10. The van der Waals surface area contributed by atoms with E-state index in [2.05, 4.69) is 33.1 Å². The van der Waals surface area contributed by atoms with E-state index in [-0.39, 0.29) is 11.9 Å². The van der Waals surface area contributed by atoms with Gasteiger partial charge in [0.2, 0.25) is 0 Å². The van der Waals surface area contributed by atoms with Crippen molar-refractivity contribution in [3.8, 4) is 0 Å². The molecular weight excluding hydrogens is 296 g/mol. The molecule has 0 radical (unpaired) electrons. The topological polar surface area (TPSA) is 45.5 Å². The number of piperidine rings is 3. The van der Waals surface area contributed by atoms with Gasteiger partial charge in [-0.25, -0.2) is 0 Å². The first-order valence-electron chi connectivity index (χ1n) is 6.45. The Kier molecular flexibility index (Phi) is 3.20. The van der Waals surface area contributed by atoms with Crippen molar-refractivity contribution < 1.29 is 9.21 Å². The molecule has 1 amide bonds. The fraction of sp³-hybridized carbons (Fsp3) is 0.615. The number of hydrogen-bond acceptors (Lipinski definition) is 3. The second kappa shape index (κ2) is 4.70. The molecule has 0 spiro atoms. The lowest BCUT2D eigenvalue weighted by atomic mass is 9.79. The summed E-state index contributed by atoms with van der Waals surface area (Å²) in [7, 11) is 0. The summed E-state index contributed by atoms with van der Waals surface area (Å²) in [6.45, 7) is 4.54. The molecule has 0 aromatic carbocycles. The Morgan fingerprint density at radius 3 is 2.72 bits per heavy atom. The number of hydrogen-bond donors (Lipinski definition) is 1. The molecule has 4 nitrogen and oxygen atoms in total. The molecule has 1 aromatic heterocycles. The predicted molar refractivity (Wildman–Crippen MR) is 71.4 cm³/mol. The van der Waals surface area contributed by atoms with Crippen LogP contribution in [0, 0.1) is 5.92 Å². The molecule has 2 bridgehead atoms. The number of halogens is 1. The van der Waals surface area contributed by atoms with Gasteiger partial charge in [-0.15, -0.1) is 0 Å². The second-order valence-corrected chi connectivity index (χ2v) is 6.00. The molecule has 18 heavy (non-hydrogen) atoms. The SMILES string of the molecule is CC1C(NC(=O)c2ccc(Br)o2)C2CCN1CC2. The van der Waals surface area contributed by atoms with E-state index in [0.29, 0.717) is 22.4 Å². The van der Waals surface area contributed by atoms with E-state index in [1.807, 2.05) is 0 Å². The van der Waals surface area contributed by atoms with Crippen molar-refractivity contribution in [1.82, 2.24) is 10.2 Å². The van der Waals surface area contributed by atoms with E-state index in [0.717, 1.165) is 0 Å². The van der Waals surface area contributed by atoms with Gasteiger partial charge in [-0.1, -0.05) is 0 Å². The summed E-state index contributed by atoms with van der Waals surface area (Å²) in [5, 5.41) is 3.13. The minimum atomic E-state index is -0.105. The standard InChI is InChI=1S/C13H17BrN2O2/c1-8-12(9-4-6-16(8)7-5-9)15-13(17)10-2-3-11(14)18-10/h2-3,8-9,12H,4-7H2,1H3,(H,15,17). The molecule has 0 saturated carbocycles. The van der Waals surface area contributed by atoms with Gasteiger partial charge in [0.05, 0.1) is 0 Å². The lowest BCUT2D eigenvalue weighted by Crippen LogP contribution is -2.62. The summed E-state index contributed by atoms with van der Waals surface area (Å²) >= 11 is 3.22. The van der Waals surface area contributed by atoms with Crippen molar-refractivity contribution in [1.29, 1.82) is 0 Å². The average Bonchev–Trinajstić information content (AvgIpc) is 2.81. The third-order valence-electron chi connectivity index (χ3n) is 4.27. The minimum absolute atomic E-state index is 0.105. The third kappa shape index (κ3) is 2.10. The summed E-state index contributed by atoms with van der Waals surface area (Å²) in [6.07, 6.45) is 2.38. The zero-order valence-electron chi connectivity index (χ0n) is 10.4. The van der Waals surface area contributed by atoms with Crippen LogP contribution < -0.4 is 5.32 Å². The van der Waals surface area contributed by atoms with Crippen LogP contribution in [0.25, 0.3) is 0 Å². The molecule has 4 rings (SSSR count). The molecular formula is C13H17BrN2O2. The molecule has 3 saturated heterocycles. The van der Waals surface area contributed by atoms with Crippen molar-refractivity contribution >= 4 is 21.8 Å². The zero-order chi connectivity index (χ0) is 12.7. The number of nitrogens with one attached hydrogen (secondary N) is 1. The van der Waals surface area contributed by atoms with Crippen molar-refractivity contribution in [3.05, 3.63) is 22.6 Å². The van der Waals surface area contributed by atoms with Crippen LogP contribution in [0.4, 0.5) is 0 Å². The average molecular weight is 313 g/mol. The summed E-state index contributed by atoms with van der Waals surface area (Å²) in [5.41, 5.74) is 0. The molecule has 4 heterocycles. The Morgan fingerprint density at radius 1 is 1.44 bits per heavy atom. The van der Waals surface area contributed by atoms with Crippen LogP contribution in [-0.4, -0.2) is 36.0 Å². The Balaban J connectivity index is 1.71. The summed E-state index contributed by atoms with van der Waals surface area (Å²) in [4.78, 5) is 14.6. The fourth-order valence-corrected chi connectivity index (χ4v) is 3.51. The van der Waals surface area contributed by atoms with Crippen LogP contribution in [-0.2, 0) is 0 Å². The lowest BCUT2D eigenvalue weighted by Gasteiger charge is -2.49. The van der Waals surface area contributed by atoms with Gasteiger partial charge in [-0.2, -0.15) is 0 Å². The van der Waals surface area contributed by atoms with E-state index in [1.165, 1.54) is 25.9 Å². The molecule has 3 fully saturated rings. The Labute approximate surface area is 115 Å². The molecule has 3 aliphatic heterocycles. The maximum atomic E-state index is 12.1. The number of amides is 1. The maximum absolute atomic E-state index is 12.1. The third-order valence-corrected chi connectivity index (χ3v) is 4.70. The molecule has 98 valence electrons. The normalized spacial score (nSPS) is 34.6. The first-order chi connectivity index (χ1) is 8.65. The number of carbonyl (C=O) groups is 1. The molecule has 2 unspecified atom stereocenters. The van der Waals surface area contributed by atoms with Crippen molar-refractivity contribution in [2.24, 2.45) is 5.92 Å². The number of fused-ring (bicyclic) bond motifs is 3. The molecule has 5 heteroatoms. The van der Waals surface area contributed by atoms with Crippen LogP contribution in [0.1, 0.15) is 30.3 Å². The first kappa shape index (κ1) is 12.2. The molecule has 1 N–H and O–H groups in total. The van der Waals surface area contributed by atoms with Crippen LogP contribution in [0.15, 0.2) is 21.2 Å². The van der Waals surface area contributed by atoms with Gasteiger partial charge in [0.25, 0.3) is 5.91 Å². The van der Waals surface area contributed by atoms with Crippen LogP contribution in [0.2, 0.25) is 0 Å². The molecule has 0 aliphatic carbocycles. The van der Waals surface area contributed by atoms with Crippen LogP contribution >= 0.6 is 15.9 Å². The highest BCUT2D eigenvalue weighted by atomic mass is 79.9. The van der Waals surface area contributed by atoms with Gasteiger partial charge in [0.1, 0.15) is 0 Å². The highest BCUT2D eigenvalue weighted by Gasteiger charge is 2.40. The lowest BCUT2D eigenvalue weighted by molar-refractivity contribution is 0.0211. The van der Waals surface area contributed by atoms with E-state index in [1.54, 1.807) is 12.1 Å². The highest BCUT2D eigenvalue weighted by Crippen LogP contribution is 2.32. The number of furan rings is 1.